The first kappa shape index (κ1) is 17.4. The minimum absolute atomic E-state index is 0.713. The number of nitrogens with zero attached hydrogens (tertiary/aromatic N) is 3. The summed E-state index contributed by atoms with van der Waals surface area (Å²) in [4.78, 5) is 10.9. The molecule has 0 saturated carbocycles. The van der Waals surface area contributed by atoms with Crippen molar-refractivity contribution in [2.24, 2.45) is 0 Å². The molecule has 2 heterocycles. The highest BCUT2D eigenvalue weighted by atomic mass is 35.5. The second-order valence-electron chi connectivity index (χ2n) is 6.10. The fourth-order valence-corrected chi connectivity index (χ4v) is 2.69. The van der Waals surface area contributed by atoms with E-state index in [2.05, 4.69) is 35.4 Å². The van der Waals surface area contributed by atoms with Gasteiger partial charge < -0.3 is 10.2 Å². The summed E-state index contributed by atoms with van der Waals surface area (Å²) in [5, 5.41) is 5.25. The number of aromatic nitrogens is 2. The molecule has 0 aliphatic rings. The minimum Gasteiger partial charge on any atom is -0.383 e. The van der Waals surface area contributed by atoms with Crippen LogP contribution in [0.5, 0.6) is 0 Å². The average Bonchev–Trinajstić information content (AvgIpc) is 2.61. The van der Waals surface area contributed by atoms with Crippen LogP contribution in [0.2, 0.25) is 5.02 Å². The second-order valence-corrected chi connectivity index (χ2v) is 6.54. The molecule has 0 amide bonds. The van der Waals surface area contributed by atoms with Crippen molar-refractivity contribution in [1.82, 2.24) is 14.9 Å². The summed E-state index contributed by atoms with van der Waals surface area (Å²) >= 11 is 6.17. The van der Waals surface area contributed by atoms with Gasteiger partial charge in [-0.05, 0) is 62.1 Å². The number of benzene rings is 1. The predicted molar refractivity (Wildman–Crippen MR) is 107 cm³/mol. The number of hydrogen-bond donors (Lipinski definition) is 1. The molecule has 25 heavy (non-hydrogen) atoms. The van der Waals surface area contributed by atoms with Crippen LogP contribution in [-0.4, -0.2) is 42.1 Å². The van der Waals surface area contributed by atoms with Crippen LogP contribution in [-0.2, 0) is 0 Å². The number of likely N-dealkylation sites (N-methyl/N-ethyl adjacent to an activating group) is 1. The molecule has 0 unspecified atom stereocenters. The number of fused-ring (bicyclic) bond motifs is 1. The first-order valence-corrected chi connectivity index (χ1v) is 8.56. The molecule has 0 bridgehead atoms. The van der Waals surface area contributed by atoms with E-state index < -0.39 is 0 Å². The molecule has 1 aromatic carbocycles. The van der Waals surface area contributed by atoms with Gasteiger partial charge in [0.2, 0.25) is 0 Å². The molecule has 2 aromatic heterocycles. The SMILES string of the molecule is CN(C)CCNc1cc(C=Cc2ccncc2)nc2ccc(Cl)cc12. The molecule has 5 heteroatoms. The van der Waals surface area contributed by atoms with Gasteiger partial charge in [-0.1, -0.05) is 17.7 Å². The van der Waals surface area contributed by atoms with Crippen LogP contribution in [0.3, 0.4) is 0 Å². The van der Waals surface area contributed by atoms with Crippen LogP contribution >= 0.6 is 11.6 Å². The summed E-state index contributed by atoms with van der Waals surface area (Å²) in [5.41, 5.74) is 3.96. The summed E-state index contributed by atoms with van der Waals surface area (Å²) < 4.78 is 0. The molecule has 4 nitrogen and oxygen atoms in total. The van der Waals surface area contributed by atoms with E-state index in [4.69, 9.17) is 16.6 Å². The van der Waals surface area contributed by atoms with Crippen LogP contribution in [0.1, 0.15) is 11.3 Å². The van der Waals surface area contributed by atoms with Crippen molar-refractivity contribution in [2.45, 2.75) is 0 Å². The Hall–Kier alpha value is -2.43. The summed E-state index contributed by atoms with van der Waals surface area (Å²) in [6, 6.07) is 11.8. The second kappa shape index (κ2) is 8.10. The molecule has 0 saturated heterocycles. The molecule has 0 aliphatic carbocycles. The summed E-state index contributed by atoms with van der Waals surface area (Å²) in [7, 11) is 4.12. The first-order chi connectivity index (χ1) is 12.1. The number of pyridine rings is 2. The van der Waals surface area contributed by atoms with Crippen LogP contribution < -0.4 is 5.32 Å². The third kappa shape index (κ3) is 4.78. The van der Waals surface area contributed by atoms with Gasteiger partial charge in [0.25, 0.3) is 0 Å². The molecule has 0 spiro atoms. The Morgan fingerprint density at radius 2 is 1.88 bits per heavy atom. The molecule has 128 valence electrons. The standard InChI is InChI=1S/C20H21ClN4/c1-25(2)12-11-23-20-14-17(5-3-15-7-9-22-10-8-15)24-19-6-4-16(21)13-18(19)20/h3-10,13-14H,11-12H2,1-2H3,(H,23,24). The van der Waals surface area contributed by atoms with Crippen molar-refractivity contribution in [3.8, 4) is 0 Å². The van der Waals surface area contributed by atoms with E-state index in [1.165, 1.54) is 0 Å². The lowest BCUT2D eigenvalue weighted by molar-refractivity contribution is 0.425. The maximum atomic E-state index is 6.17. The zero-order chi connectivity index (χ0) is 17.6. The van der Waals surface area contributed by atoms with E-state index in [1.807, 2.05) is 42.5 Å². The van der Waals surface area contributed by atoms with Crippen molar-refractivity contribution in [1.29, 1.82) is 0 Å². The smallest absolute Gasteiger partial charge is 0.0731 e. The van der Waals surface area contributed by atoms with Gasteiger partial charge in [0.15, 0.2) is 0 Å². The highest BCUT2D eigenvalue weighted by Gasteiger charge is 2.06. The number of rotatable bonds is 6. The van der Waals surface area contributed by atoms with Gasteiger partial charge in [0.1, 0.15) is 0 Å². The van der Waals surface area contributed by atoms with Gasteiger partial charge in [0, 0.05) is 41.6 Å². The molecular formula is C20H21ClN4. The van der Waals surface area contributed by atoms with Gasteiger partial charge >= 0.3 is 0 Å². The van der Waals surface area contributed by atoms with E-state index in [1.54, 1.807) is 12.4 Å². The Kier molecular flexibility index (Phi) is 5.64. The Balaban J connectivity index is 1.93. The van der Waals surface area contributed by atoms with E-state index in [-0.39, 0.29) is 0 Å². The van der Waals surface area contributed by atoms with Gasteiger partial charge in [-0.25, -0.2) is 4.98 Å². The highest BCUT2D eigenvalue weighted by Crippen LogP contribution is 2.27. The van der Waals surface area contributed by atoms with Crippen LogP contribution in [0.25, 0.3) is 23.1 Å². The summed E-state index contributed by atoms with van der Waals surface area (Å²) in [5.74, 6) is 0. The predicted octanol–water partition coefficient (Wildman–Crippen LogP) is 4.43. The molecular weight excluding hydrogens is 332 g/mol. The maximum Gasteiger partial charge on any atom is 0.0731 e. The van der Waals surface area contributed by atoms with Crippen LogP contribution in [0, 0.1) is 0 Å². The lowest BCUT2D eigenvalue weighted by Gasteiger charge is -2.14. The Morgan fingerprint density at radius 3 is 2.64 bits per heavy atom. The first-order valence-electron chi connectivity index (χ1n) is 8.19. The van der Waals surface area contributed by atoms with E-state index in [9.17, 15) is 0 Å². The van der Waals surface area contributed by atoms with Crippen molar-refractivity contribution in [3.05, 3.63) is 65.1 Å². The largest absolute Gasteiger partial charge is 0.383 e. The molecule has 0 fully saturated rings. The van der Waals surface area contributed by atoms with Gasteiger partial charge in [0.05, 0.1) is 11.2 Å². The molecule has 0 radical (unpaired) electrons. The normalized spacial score (nSPS) is 11.5. The quantitative estimate of drug-likeness (QED) is 0.712. The van der Waals surface area contributed by atoms with Gasteiger partial charge in [-0.3, -0.25) is 4.98 Å². The van der Waals surface area contributed by atoms with Crippen LogP contribution in [0.15, 0.2) is 48.8 Å². The summed E-state index contributed by atoms with van der Waals surface area (Å²) in [6.07, 6.45) is 7.61. The van der Waals surface area contributed by atoms with Gasteiger partial charge in [-0.2, -0.15) is 0 Å². The lowest BCUT2D eigenvalue weighted by Crippen LogP contribution is -2.20. The third-order valence-electron chi connectivity index (χ3n) is 3.82. The number of nitrogens with one attached hydrogen (secondary N) is 1. The average molecular weight is 353 g/mol. The number of anilines is 1. The van der Waals surface area contributed by atoms with E-state index in [0.717, 1.165) is 40.9 Å². The summed E-state index contributed by atoms with van der Waals surface area (Å²) in [6.45, 7) is 1.80. The maximum absolute atomic E-state index is 6.17. The Morgan fingerprint density at radius 1 is 1.08 bits per heavy atom. The minimum atomic E-state index is 0.713. The highest BCUT2D eigenvalue weighted by molar-refractivity contribution is 6.31. The van der Waals surface area contributed by atoms with Crippen molar-refractivity contribution in [2.75, 3.05) is 32.5 Å². The molecule has 0 aliphatic heterocycles. The fraction of sp³-hybridized carbons (Fsp3) is 0.200. The number of hydrogen-bond acceptors (Lipinski definition) is 4. The van der Waals surface area contributed by atoms with E-state index >= 15 is 0 Å². The zero-order valence-electron chi connectivity index (χ0n) is 14.4. The molecule has 3 rings (SSSR count). The van der Waals surface area contributed by atoms with Crippen molar-refractivity contribution < 1.29 is 0 Å². The van der Waals surface area contributed by atoms with Crippen molar-refractivity contribution in [3.63, 3.8) is 0 Å². The monoisotopic (exact) mass is 352 g/mol. The molecule has 0 atom stereocenters. The Labute approximate surface area is 153 Å². The topological polar surface area (TPSA) is 41.0 Å². The molecule has 3 aromatic rings. The van der Waals surface area contributed by atoms with E-state index in [0.29, 0.717) is 5.02 Å². The van der Waals surface area contributed by atoms with Crippen LogP contribution in [0.4, 0.5) is 5.69 Å². The molecule has 1 N–H and O–H groups in total. The van der Waals surface area contributed by atoms with Crippen molar-refractivity contribution >= 4 is 40.3 Å². The van der Waals surface area contributed by atoms with Gasteiger partial charge in [-0.15, -0.1) is 0 Å². The Bertz CT molecular complexity index is 876. The third-order valence-corrected chi connectivity index (χ3v) is 4.05. The number of halogens is 1. The zero-order valence-corrected chi connectivity index (χ0v) is 15.2. The lowest BCUT2D eigenvalue weighted by atomic mass is 10.1. The fourth-order valence-electron chi connectivity index (χ4n) is 2.52.